The molecule has 0 bridgehead atoms. The maximum atomic E-state index is 12.4. The summed E-state index contributed by atoms with van der Waals surface area (Å²) in [7, 11) is 0. The highest BCUT2D eigenvalue weighted by molar-refractivity contribution is 6.06. The number of amides is 1. The number of carbonyl (C=O) groups excluding carboxylic acids is 1. The number of oxime groups is 1. The molecule has 0 saturated carbocycles. The number of ether oxygens (including phenoxy) is 1. The number of nitrogens with zero attached hydrogens (tertiary/aromatic N) is 3. The summed E-state index contributed by atoms with van der Waals surface area (Å²) in [5, 5.41) is 14.8. The molecular weight excluding hydrogens is 274 g/mol. The Balaban J connectivity index is 1.87. The molecule has 1 aromatic heterocycles. The van der Waals surface area contributed by atoms with Gasteiger partial charge < -0.3 is 25.6 Å². The highest BCUT2D eigenvalue weighted by atomic mass is 16.5. The molecule has 4 N–H and O–H groups in total. The lowest BCUT2D eigenvalue weighted by atomic mass is 9.78. The van der Waals surface area contributed by atoms with Crippen LogP contribution >= 0.6 is 0 Å². The van der Waals surface area contributed by atoms with Gasteiger partial charge in [-0.1, -0.05) is 5.16 Å². The van der Waals surface area contributed by atoms with Crippen LogP contribution in [0.25, 0.3) is 0 Å². The molecule has 0 atom stereocenters. The standard InChI is InChI=1S/C13H21N5O3/c14-11(17-20)13(2-8-21-9-3-13)12(19)16-4-1-6-18-7-5-15-10-18/h5,7,10,20H,1-4,6,8-9H2,(H2,14,17)(H,16,19). The van der Waals surface area contributed by atoms with Gasteiger partial charge in [-0.25, -0.2) is 4.98 Å². The highest BCUT2D eigenvalue weighted by Gasteiger charge is 2.44. The molecule has 116 valence electrons. The Labute approximate surface area is 123 Å². The van der Waals surface area contributed by atoms with Crippen LogP contribution in [0.15, 0.2) is 23.9 Å². The maximum absolute atomic E-state index is 12.4. The first-order chi connectivity index (χ1) is 10.2. The largest absolute Gasteiger partial charge is 0.409 e. The third-order valence-corrected chi connectivity index (χ3v) is 3.82. The van der Waals surface area contributed by atoms with Gasteiger partial charge in [0.1, 0.15) is 5.41 Å². The molecule has 0 aromatic carbocycles. The van der Waals surface area contributed by atoms with Crippen molar-refractivity contribution in [3.8, 4) is 0 Å². The predicted molar refractivity (Wildman–Crippen MR) is 75.7 cm³/mol. The average Bonchev–Trinajstić information content (AvgIpc) is 3.04. The third-order valence-electron chi connectivity index (χ3n) is 3.82. The van der Waals surface area contributed by atoms with Gasteiger partial charge in [-0.05, 0) is 19.3 Å². The van der Waals surface area contributed by atoms with Crippen LogP contribution < -0.4 is 11.1 Å². The Hall–Kier alpha value is -2.09. The second-order valence-corrected chi connectivity index (χ2v) is 5.09. The Morgan fingerprint density at radius 3 is 2.90 bits per heavy atom. The van der Waals surface area contributed by atoms with Crippen LogP contribution in [0, 0.1) is 5.41 Å². The quantitative estimate of drug-likeness (QED) is 0.223. The SMILES string of the molecule is NC(=NO)C1(C(=O)NCCCn2ccnc2)CCOCC1. The van der Waals surface area contributed by atoms with Gasteiger partial charge >= 0.3 is 0 Å². The number of aryl methyl sites for hydroxylation is 1. The number of nitrogens with one attached hydrogen (secondary N) is 1. The van der Waals surface area contributed by atoms with Crippen molar-refractivity contribution in [2.24, 2.45) is 16.3 Å². The lowest BCUT2D eigenvalue weighted by Crippen LogP contribution is -2.52. The Bertz CT molecular complexity index is 480. The molecule has 21 heavy (non-hydrogen) atoms. The van der Waals surface area contributed by atoms with Gasteiger partial charge in [-0.15, -0.1) is 0 Å². The summed E-state index contributed by atoms with van der Waals surface area (Å²) < 4.78 is 7.21. The molecule has 1 aromatic rings. The number of nitrogens with two attached hydrogens (primary N) is 1. The van der Waals surface area contributed by atoms with Gasteiger partial charge in [0.2, 0.25) is 5.91 Å². The van der Waals surface area contributed by atoms with Crippen molar-refractivity contribution in [2.75, 3.05) is 19.8 Å². The van der Waals surface area contributed by atoms with E-state index < -0.39 is 5.41 Å². The van der Waals surface area contributed by atoms with Crippen molar-refractivity contribution < 1.29 is 14.7 Å². The average molecular weight is 295 g/mol. The first kappa shape index (κ1) is 15.3. The van der Waals surface area contributed by atoms with E-state index in [0.29, 0.717) is 32.6 Å². The Morgan fingerprint density at radius 2 is 2.29 bits per heavy atom. The van der Waals surface area contributed by atoms with Crippen LogP contribution in [-0.2, 0) is 16.1 Å². The van der Waals surface area contributed by atoms with Crippen molar-refractivity contribution >= 4 is 11.7 Å². The fourth-order valence-corrected chi connectivity index (χ4v) is 2.47. The molecule has 1 saturated heterocycles. The van der Waals surface area contributed by atoms with E-state index in [1.807, 2.05) is 10.8 Å². The zero-order chi connectivity index (χ0) is 15.1. The van der Waals surface area contributed by atoms with E-state index in [4.69, 9.17) is 15.7 Å². The monoisotopic (exact) mass is 295 g/mol. The van der Waals surface area contributed by atoms with Crippen LogP contribution in [0.3, 0.4) is 0 Å². The maximum Gasteiger partial charge on any atom is 0.234 e. The molecule has 1 fully saturated rings. The molecule has 0 spiro atoms. The predicted octanol–water partition coefficient (Wildman–Crippen LogP) is -0.0674. The fourth-order valence-electron chi connectivity index (χ4n) is 2.47. The van der Waals surface area contributed by atoms with Crippen LogP contribution in [0.5, 0.6) is 0 Å². The zero-order valence-electron chi connectivity index (χ0n) is 11.9. The minimum Gasteiger partial charge on any atom is -0.409 e. The van der Waals surface area contributed by atoms with Crippen LogP contribution in [-0.4, -0.2) is 46.3 Å². The summed E-state index contributed by atoms with van der Waals surface area (Å²) in [4.78, 5) is 16.4. The number of imidazole rings is 1. The molecule has 0 radical (unpaired) electrons. The van der Waals surface area contributed by atoms with E-state index in [2.05, 4.69) is 15.5 Å². The molecule has 2 heterocycles. The first-order valence-corrected chi connectivity index (χ1v) is 6.99. The van der Waals surface area contributed by atoms with Crippen LogP contribution in [0.4, 0.5) is 0 Å². The molecule has 8 nitrogen and oxygen atoms in total. The summed E-state index contributed by atoms with van der Waals surface area (Å²) in [6.07, 6.45) is 6.96. The number of rotatable bonds is 6. The summed E-state index contributed by atoms with van der Waals surface area (Å²) in [5.74, 6) is -0.246. The van der Waals surface area contributed by atoms with Gasteiger partial charge in [0.25, 0.3) is 0 Å². The zero-order valence-corrected chi connectivity index (χ0v) is 11.9. The van der Waals surface area contributed by atoms with Crippen molar-refractivity contribution in [3.05, 3.63) is 18.7 Å². The van der Waals surface area contributed by atoms with Crippen molar-refractivity contribution in [1.82, 2.24) is 14.9 Å². The summed E-state index contributed by atoms with van der Waals surface area (Å²) in [6, 6.07) is 0. The van der Waals surface area contributed by atoms with E-state index in [1.165, 1.54) is 0 Å². The smallest absolute Gasteiger partial charge is 0.234 e. The Morgan fingerprint density at radius 1 is 1.52 bits per heavy atom. The van der Waals surface area contributed by atoms with Crippen molar-refractivity contribution in [3.63, 3.8) is 0 Å². The minimum absolute atomic E-state index is 0.0436. The van der Waals surface area contributed by atoms with Crippen molar-refractivity contribution in [1.29, 1.82) is 0 Å². The molecule has 0 aliphatic carbocycles. The number of carbonyl (C=O) groups is 1. The van der Waals surface area contributed by atoms with Crippen LogP contribution in [0.2, 0.25) is 0 Å². The van der Waals surface area contributed by atoms with E-state index in [-0.39, 0.29) is 11.7 Å². The van der Waals surface area contributed by atoms with Gasteiger partial charge in [-0.2, -0.15) is 0 Å². The number of hydrogen-bond donors (Lipinski definition) is 3. The van der Waals surface area contributed by atoms with E-state index >= 15 is 0 Å². The van der Waals surface area contributed by atoms with Gasteiger partial charge in [0.15, 0.2) is 5.84 Å². The molecule has 1 amide bonds. The molecule has 0 unspecified atom stereocenters. The second kappa shape index (κ2) is 7.07. The number of amidine groups is 1. The van der Waals surface area contributed by atoms with Gasteiger partial charge in [0.05, 0.1) is 6.33 Å². The summed E-state index contributed by atoms with van der Waals surface area (Å²) >= 11 is 0. The lowest BCUT2D eigenvalue weighted by Gasteiger charge is -2.34. The minimum atomic E-state index is -0.956. The number of hydrogen-bond acceptors (Lipinski definition) is 5. The van der Waals surface area contributed by atoms with E-state index in [1.54, 1.807) is 12.5 Å². The first-order valence-electron chi connectivity index (χ1n) is 6.99. The van der Waals surface area contributed by atoms with Crippen LogP contribution in [0.1, 0.15) is 19.3 Å². The highest BCUT2D eigenvalue weighted by Crippen LogP contribution is 2.31. The molecule has 1 aliphatic rings. The molecule has 2 rings (SSSR count). The summed E-state index contributed by atoms with van der Waals surface area (Å²) in [5.41, 5.74) is 4.78. The molecule has 8 heteroatoms. The molecule has 1 aliphatic heterocycles. The van der Waals surface area contributed by atoms with E-state index in [0.717, 1.165) is 13.0 Å². The fraction of sp³-hybridized carbons (Fsp3) is 0.615. The Kier molecular flexibility index (Phi) is 5.15. The van der Waals surface area contributed by atoms with Crippen molar-refractivity contribution in [2.45, 2.75) is 25.8 Å². The second-order valence-electron chi connectivity index (χ2n) is 5.09. The molecular formula is C13H21N5O3. The number of aromatic nitrogens is 2. The van der Waals surface area contributed by atoms with Gasteiger partial charge in [0, 0.05) is 38.7 Å². The topological polar surface area (TPSA) is 115 Å². The normalized spacial score (nSPS) is 18.4. The third kappa shape index (κ3) is 3.52. The van der Waals surface area contributed by atoms with Gasteiger partial charge in [-0.3, -0.25) is 4.79 Å². The summed E-state index contributed by atoms with van der Waals surface area (Å²) in [6.45, 7) is 2.16. The lowest BCUT2D eigenvalue weighted by molar-refractivity contribution is -0.131. The van der Waals surface area contributed by atoms with E-state index in [9.17, 15) is 4.79 Å².